The van der Waals surface area contributed by atoms with Gasteiger partial charge < -0.3 is 37.6 Å². The molecule has 3 amide bonds. The van der Waals surface area contributed by atoms with E-state index in [0.29, 0.717) is 25.8 Å². The van der Waals surface area contributed by atoms with Crippen LogP contribution in [0.4, 0.5) is 0 Å². The topological polar surface area (TPSA) is 197 Å². The number of carboxylic acid groups (broad SMARTS) is 1. The summed E-state index contributed by atoms with van der Waals surface area (Å²) in [6, 6.07) is -3.23. The van der Waals surface area contributed by atoms with Gasteiger partial charge in [0.2, 0.25) is 17.7 Å². The van der Waals surface area contributed by atoms with Crippen molar-refractivity contribution in [1.29, 1.82) is 0 Å². The molecule has 0 bridgehead atoms. The van der Waals surface area contributed by atoms with Crippen molar-refractivity contribution < 1.29 is 29.4 Å². The van der Waals surface area contributed by atoms with Gasteiger partial charge in [0.25, 0.3) is 0 Å². The smallest absolute Gasteiger partial charge is 0.326 e. The lowest BCUT2D eigenvalue weighted by Gasteiger charge is -2.23. The molecule has 0 fully saturated rings. The maximum Gasteiger partial charge on any atom is 0.326 e. The molecule has 0 aliphatic carbocycles. The van der Waals surface area contributed by atoms with Crippen molar-refractivity contribution in [3.63, 3.8) is 0 Å². The maximum absolute atomic E-state index is 12.3. The highest BCUT2D eigenvalue weighted by molar-refractivity contribution is 5.92. The second-order valence-electron chi connectivity index (χ2n) is 7.42. The Morgan fingerprint density at radius 3 is 2.10 bits per heavy atom. The summed E-state index contributed by atoms with van der Waals surface area (Å²) in [5.41, 5.74) is 11.2. The minimum Gasteiger partial charge on any atom is -0.480 e. The summed E-state index contributed by atoms with van der Waals surface area (Å²) in [7, 11) is 0. The number of carbonyl (C=O) groups excluding carboxylic acids is 3. The summed E-state index contributed by atoms with van der Waals surface area (Å²) >= 11 is 0. The number of unbranched alkanes of at least 4 members (excludes halogenated alkanes) is 1. The van der Waals surface area contributed by atoms with E-state index in [2.05, 4.69) is 16.0 Å². The third kappa shape index (κ3) is 11.4. The number of hydrogen-bond acceptors (Lipinski definition) is 7. The number of rotatable bonds is 14. The molecule has 9 N–H and O–H groups in total. The molecule has 11 heteroatoms. The lowest BCUT2D eigenvalue weighted by atomic mass is 10.0. The van der Waals surface area contributed by atoms with Crippen molar-refractivity contribution in [3.05, 3.63) is 0 Å². The van der Waals surface area contributed by atoms with Gasteiger partial charge in [-0.15, -0.1) is 0 Å². The largest absolute Gasteiger partial charge is 0.480 e. The molecule has 0 spiro atoms. The lowest BCUT2D eigenvalue weighted by molar-refractivity contribution is -0.142. The molecule has 4 atom stereocenters. The van der Waals surface area contributed by atoms with Crippen LogP contribution in [0, 0.1) is 5.92 Å². The lowest BCUT2D eigenvalue weighted by Crippen LogP contribution is -2.57. The molecule has 29 heavy (non-hydrogen) atoms. The van der Waals surface area contributed by atoms with Crippen LogP contribution in [0.1, 0.15) is 46.5 Å². The fraction of sp³-hybridized carbons (Fsp3) is 0.778. The predicted octanol–water partition coefficient (Wildman–Crippen LogP) is -1.96. The van der Waals surface area contributed by atoms with Crippen molar-refractivity contribution in [2.45, 2.75) is 70.7 Å². The average molecular weight is 418 g/mol. The number of nitrogens with two attached hydrogens (primary N) is 2. The molecular formula is C18H35N5O6. The van der Waals surface area contributed by atoms with Crippen LogP contribution in [-0.4, -0.2) is 71.2 Å². The Bertz CT molecular complexity index is 555. The third-order valence-electron chi connectivity index (χ3n) is 4.13. The predicted molar refractivity (Wildman–Crippen MR) is 107 cm³/mol. The molecule has 0 saturated heterocycles. The van der Waals surface area contributed by atoms with Gasteiger partial charge in [0, 0.05) is 0 Å². The van der Waals surface area contributed by atoms with Gasteiger partial charge in [0.1, 0.15) is 12.1 Å². The first-order valence-electron chi connectivity index (χ1n) is 9.73. The third-order valence-corrected chi connectivity index (χ3v) is 4.13. The Labute approximate surface area is 171 Å². The van der Waals surface area contributed by atoms with E-state index >= 15 is 0 Å². The summed E-state index contributed by atoms with van der Waals surface area (Å²) in [6.45, 7) is 4.94. The van der Waals surface area contributed by atoms with Gasteiger partial charge in [-0.3, -0.25) is 14.4 Å². The summed E-state index contributed by atoms with van der Waals surface area (Å²) in [4.78, 5) is 47.5. The minimum absolute atomic E-state index is 0.0508. The highest BCUT2D eigenvalue weighted by Gasteiger charge is 2.28. The van der Waals surface area contributed by atoms with Crippen LogP contribution in [0.3, 0.4) is 0 Å². The molecule has 0 heterocycles. The quantitative estimate of drug-likeness (QED) is 0.158. The van der Waals surface area contributed by atoms with Crippen LogP contribution in [0.25, 0.3) is 0 Å². The molecule has 0 saturated carbocycles. The molecule has 0 radical (unpaired) electrons. The number of hydrogen-bond donors (Lipinski definition) is 7. The number of amides is 3. The van der Waals surface area contributed by atoms with Crippen molar-refractivity contribution >= 4 is 23.7 Å². The molecule has 0 rings (SSSR count). The first kappa shape index (κ1) is 26.8. The normalized spacial score (nSPS) is 15.1. The summed E-state index contributed by atoms with van der Waals surface area (Å²) in [5, 5.41) is 25.9. The van der Waals surface area contributed by atoms with E-state index < -0.39 is 54.5 Å². The molecule has 0 aromatic rings. The monoisotopic (exact) mass is 417 g/mol. The Morgan fingerprint density at radius 2 is 1.62 bits per heavy atom. The van der Waals surface area contributed by atoms with Crippen molar-refractivity contribution in [2.24, 2.45) is 17.4 Å². The van der Waals surface area contributed by atoms with E-state index in [-0.39, 0.29) is 12.3 Å². The molecule has 4 unspecified atom stereocenters. The highest BCUT2D eigenvalue weighted by Crippen LogP contribution is 2.05. The Balaban J connectivity index is 4.68. The van der Waals surface area contributed by atoms with Gasteiger partial charge in [-0.25, -0.2) is 4.79 Å². The number of aliphatic carboxylic acids is 1. The fourth-order valence-electron chi connectivity index (χ4n) is 2.52. The summed E-state index contributed by atoms with van der Waals surface area (Å²) < 4.78 is 0. The molecule has 168 valence electrons. The molecule has 0 aromatic heterocycles. The van der Waals surface area contributed by atoms with Crippen LogP contribution < -0.4 is 27.4 Å². The van der Waals surface area contributed by atoms with Crippen LogP contribution in [0.2, 0.25) is 0 Å². The van der Waals surface area contributed by atoms with E-state index in [1.165, 1.54) is 6.92 Å². The Morgan fingerprint density at radius 1 is 1.00 bits per heavy atom. The fourth-order valence-corrected chi connectivity index (χ4v) is 2.52. The van der Waals surface area contributed by atoms with Crippen LogP contribution in [-0.2, 0) is 19.2 Å². The van der Waals surface area contributed by atoms with Crippen LogP contribution >= 0.6 is 0 Å². The van der Waals surface area contributed by atoms with E-state index in [4.69, 9.17) is 16.6 Å². The van der Waals surface area contributed by atoms with Crippen molar-refractivity contribution in [2.75, 3.05) is 13.1 Å². The van der Waals surface area contributed by atoms with Gasteiger partial charge >= 0.3 is 5.97 Å². The molecule has 11 nitrogen and oxygen atoms in total. The van der Waals surface area contributed by atoms with E-state index in [1.54, 1.807) is 0 Å². The van der Waals surface area contributed by atoms with E-state index in [1.807, 2.05) is 13.8 Å². The van der Waals surface area contributed by atoms with Gasteiger partial charge in [-0.1, -0.05) is 20.3 Å². The van der Waals surface area contributed by atoms with E-state index in [9.17, 15) is 24.3 Å². The van der Waals surface area contributed by atoms with Crippen LogP contribution in [0.15, 0.2) is 0 Å². The van der Waals surface area contributed by atoms with E-state index in [0.717, 1.165) is 0 Å². The highest BCUT2D eigenvalue weighted by atomic mass is 16.4. The summed E-state index contributed by atoms with van der Waals surface area (Å²) in [6.07, 6.45) is 0.753. The Kier molecular flexibility index (Phi) is 12.8. The first-order chi connectivity index (χ1) is 13.5. The van der Waals surface area contributed by atoms with Crippen molar-refractivity contribution in [3.8, 4) is 0 Å². The summed E-state index contributed by atoms with van der Waals surface area (Å²) in [5.74, 6) is -3.20. The number of carbonyl (C=O) groups is 4. The van der Waals surface area contributed by atoms with Crippen molar-refractivity contribution in [1.82, 2.24) is 16.0 Å². The standard InChI is InChI=1S/C18H35N5O6/c1-10(2)8-13(18(28)29)22-14(25)9-21-17(27)15(11(3)24)23-16(26)12(20)6-4-5-7-19/h10-13,15,24H,4-9,19-20H2,1-3H3,(H,21,27)(H,22,25)(H,23,26)(H,28,29). The van der Waals surface area contributed by atoms with Crippen LogP contribution in [0.5, 0.6) is 0 Å². The zero-order chi connectivity index (χ0) is 22.6. The zero-order valence-electron chi connectivity index (χ0n) is 17.3. The number of carboxylic acids is 1. The second-order valence-corrected chi connectivity index (χ2v) is 7.42. The van der Waals surface area contributed by atoms with Gasteiger partial charge in [0.15, 0.2) is 0 Å². The number of aliphatic hydroxyl groups excluding tert-OH is 1. The second kappa shape index (κ2) is 13.9. The van der Waals surface area contributed by atoms with Gasteiger partial charge in [-0.05, 0) is 38.6 Å². The average Bonchev–Trinajstić information content (AvgIpc) is 2.62. The first-order valence-corrected chi connectivity index (χ1v) is 9.73. The molecular weight excluding hydrogens is 382 g/mol. The number of nitrogens with one attached hydrogen (secondary N) is 3. The van der Waals surface area contributed by atoms with Gasteiger partial charge in [-0.2, -0.15) is 0 Å². The van der Waals surface area contributed by atoms with Gasteiger partial charge in [0.05, 0.1) is 18.7 Å². The SMILES string of the molecule is CC(C)CC(NC(=O)CNC(=O)C(NC(=O)C(N)CCCCN)C(C)O)C(=O)O. The maximum atomic E-state index is 12.3. The minimum atomic E-state index is -1.30. The molecule has 0 aliphatic rings. The molecule has 0 aliphatic heterocycles. The zero-order valence-corrected chi connectivity index (χ0v) is 17.3. The Hall–Kier alpha value is -2.24. The molecule has 0 aromatic carbocycles. The number of aliphatic hydroxyl groups is 1.